The molecule has 1 unspecified atom stereocenters. The number of cyclic esters (lactones) is 1. The lowest BCUT2D eigenvalue weighted by atomic mass is 10.1. The molecule has 2 rings (SSSR count). The molecule has 0 aromatic heterocycles. The van der Waals surface area contributed by atoms with E-state index in [0.29, 0.717) is 19.6 Å². The molecule has 2 amide bonds. The molecule has 3 atom stereocenters. The summed E-state index contributed by atoms with van der Waals surface area (Å²) < 4.78 is 16.1. The van der Waals surface area contributed by atoms with Gasteiger partial charge in [0.05, 0.1) is 13.0 Å². The Morgan fingerprint density at radius 3 is 2.73 bits per heavy atom. The third-order valence-electron chi connectivity index (χ3n) is 4.25. The molecule has 2 fully saturated rings. The molecule has 26 heavy (non-hydrogen) atoms. The summed E-state index contributed by atoms with van der Waals surface area (Å²) in [6.45, 7) is 8.34. The number of hydrogen-bond donors (Lipinski definition) is 1. The molecule has 0 aromatic carbocycles. The SMILES string of the molecule is CCCCOC1OC(=O)C[C@@H]1NC(=O)[C@@H]1CCCN1C(=O)OC(C)(C)C. The monoisotopic (exact) mass is 370 g/mol. The van der Waals surface area contributed by atoms with Crippen LogP contribution in [0.5, 0.6) is 0 Å². The van der Waals surface area contributed by atoms with Gasteiger partial charge in [-0.25, -0.2) is 4.79 Å². The van der Waals surface area contributed by atoms with E-state index in [1.54, 1.807) is 20.8 Å². The second kappa shape index (κ2) is 8.70. The number of unbranched alkanes of at least 4 members (excludes halogenated alkanes) is 1. The van der Waals surface area contributed by atoms with Gasteiger partial charge in [0.25, 0.3) is 0 Å². The van der Waals surface area contributed by atoms with Crippen molar-refractivity contribution in [2.45, 2.75) is 83.8 Å². The van der Waals surface area contributed by atoms with E-state index in [4.69, 9.17) is 14.2 Å². The van der Waals surface area contributed by atoms with Crippen LogP contribution >= 0.6 is 0 Å². The van der Waals surface area contributed by atoms with Gasteiger partial charge in [0.15, 0.2) is 0 Å². The fourth-order valence-corrected chi connectivity index (χ4v) is 3.01. The Kier molecular flexibility index (Phi) is 6.86. The Bertz CT molecular complexity index is 530. The highest BCUT2D eigenvalue weighted by Gasteiger charge is 2.41. The van der Waals surface area contributed by atoms with E-state index < -0.39 is 36.0 Å². The Balaban J connectivity index is 1.94. The zero-order valence-corrected chi connectivity index (χ0v) is 16.1. The van der Waals surface area contributed by atoms with Gasteiger partial charge in [0, 0.05) is 6.54 Å². The summed E-state index contributed by atoms with van der Waals surface area (Å²) >= 11 is 0. The predicted octanol–water partition coefficient (Wildman–Crippen LogP) is 1.96. The Morgan fingerprint density at radius 1 is 1.35 bits per heavy atom. The van der Waals surface area contributed by atoms with E-state index in [0.717, 1.165) is 19.3 Å². The van der Waals surface area contributed by atoms with Crippen LogP contribution in [0.3, 0.4) is 0 Å². The van der Waals surface area contributed by atoms with Crippen LogP contribution < -0.4 is 5.32 Å². The third-order valence-corrected chi connectivity index (χ3v) is 4.25. The van der Waals surface area contributed by atoms with Crippen LogP contribution in [-0.2, 0) is 23.8 Å². The van der Waals surface area contributed by atoms with Gasteiger partial charge in [-0.05, 0) is 40.0 Å². The fourth-order valence-electron chi connectivity index (χ4n) is 3.01. The van der Waals surface area contributed by atoms with Gasteiger partial charge in [-0.1, -0.05) is 13.3 Å². The van der Waals surface area contributed by atoms with Crippen LogP contribution in [0.2, 0.25) is 0 Å². The van der Waals surface area contributed by atoms with Gasteiger partial charge in [-0.2, -0.15) is 0 Å². The molecular formula is C18H30N2O6. The van der Waals surface area contributed by atoms with E-state index in [1.165, 1.54) is 4.90 Å². The second-order valence-electron chi connectivity index (χ2n) is 7.73. The molecule has 0 aromatic rings. The van der Waals surface area contributed by atoms with Crippen molar-refractivity contribution in [2.24, 2.45) is 0 Å². The largest absolute Gasteiger partial charge is 0.444 e. The molecule has 1 N–H and O–H groups in total. The minimum Gasteiger partial charge on any atom is -0.444 e. The van der Waals surface area contributed by atoms with Crippen molar-refractivity contribution < 1.29 is 28.6 Å². The quantitative estimate of drug-likeness (QED) is 0.567. The highest BCUT2D eigenvalue weighted by molar-refractivity contribution is 5.87. The number of ether oxygens (including phenoxy) is 3. The summed E-state index contributed by atoms with van der Waals surface area (Å²) in [5, 5.41) is 2.82. The van der Waals surface area contributed by atoms with Crippen LogP contribution in [0.25, 0.3) is 0 Å². The summed E-state index contributed by atoms with van der Waals surface area (Å²) in [6, 6.07) is -1.13. The van der Waals surface area contributed by atoms with Crippen LogP contribution in [0, 0.1) is 0 Å². The molecule has 2 aliphatic heterocycles. The molecule has 0 saturated carbocycles. The van der Waals surface area contributed by atoms with Crippen molar-refractivity contribution in [1.29, 1.82) is 0 Å². The van der Waals surface area contributed by atoms with Gasteiger partial charge in [0.2, 0.25) is 12.2 Å². The van der Waals surface area contributed by atoms with E-state index in [1.807, 2.05) is 6.92 Å². The number of rotatable bonds is 6. The smallest absolute Gasteiger partial charge is 0.410 e. The maximum atomic E-state index is 12.7. The van der Waals surface area contributed by atoms with Crippen molar-refractivity contribution in [2.75, 3.05) is 13.2 Å². The molecule has 0 bridgehead atoms. The second-order valence-corrected chi connectivity index (χ2v) is 7.73. The molecule has 2 aliphatic rings. The molecular weight excluding hydrogens is 340 g/mol. The highest BCUT2D eigenvalue weighted by atomic mass is 16.7. The summed E-state index contributed by atoms with van der Waals surface area (Å²) in [6.07, 6.45) is 1.91. The van der Waals surface area contributed by atoms with E-state index in [2.05, 4.69) is 5.32 Å². The first kappa shape index (κ1) is 20.5. The fraction of sp³-hybridized carbons (Fsp3) is 0.833. The molecule has 0 spiro atoms. The first-order chi connectivity index (χ1) is 12.2. The molecule has 2 saturated heterocycles. The summed E-state index contributed by atoms with van der Waals surface area (Å²) in [5.41, 5.74) is -0.620. The molecule has 2 heterocycles. The number of nitrogens with zero attached hydrogens (tertiary/aromatic N) is 1. The number of carbonyl (C=O) groups is 3. The Labute approximate surface area is 154 Å². The van der Waals surface area contributed by atoms with Gasteiger partial charge < -0.3 is 19.5 Å². The maximum Gasteiger partial charge on any atom is 0.410 e. The molecule has 8 nitrogen and oxygen atoms in total. The molecule has 0 radical (unpaired) electrons. The highest BCUT2D eigenvalue weighted by Crippen LogP contribution is 2.23. The van der Waals surface area contributed by atoms with E-state index >= 15 is 0 Å². The van der Waals surface area contributed by atoms with Gasteiger partial charge in [0.1, 0.15) is 17.7 Å². The van der Waals surface area contributed by atoms with E-state index in [-0.39, 0.29) is 12.3 Å². The molecule has 0 aliphatic carbocycles. The maximum absolute atomic E-state index is 12.7. The van der Waals surface area contributed by atoms with Crippen molar-refractivity contribution in [3.05, 3.63) is 0 Å². The van der Waals surface area contributed by atoms with Crippen molar-refractivity contribution >= 4 is 18.0 Å². The topological polar surface area (TPSA) is 94.2 Å². The first-order valence-corrected chi connectivity index (χ1v) is 9.32. The lowest BCUT2D eigenvalue weighted by Crippen LogP contribution is -2.51. The van der Waals surface area contributed by atoms with Crippen LogP contribution in [0.4, 0.5) is 4.79 Å². The number of amides is 2. The summed E-state index contributed by atoms with van der Waals surface area (Å²) in [7, 11) is 0. The molecule has 148 valence electrons. The van der Waals surface area contributed by atoms with Gasteiger partial charge >= 0.3 is 12.1 Å². The average molecular weight is 370 g/mol. The standard InChI is InChI=1S/C18H30N2O6/c1-5-6-10-24-16-12(11-14(21)25-16)19-15(22)13-8-7-9-20(13)17(23)26-18(2,3)4/h12-13,16H,5-11H2,1-4H3,(H,19,22)/t12-,13-,16?/m0/s1. The number of likely N-dealkylation sites (tertiary alicyclic amines) is 1. The predicted molar refractivity (Wildman–Crippen MR) is 93.2 cm³/mol. The number of carbonyl (C=O) groups excluding carboxylic acids is 3. The number of nitrogens with one attached hydrogen (secondary N) is 1. The molecule has 8 heteroatoms. The summed E-state index contributed by atoms with van der Waals surface area (Å²) in [4.78, 5) is 38.0. The minimum atomic E-state index is -0.769. The van der Waals surface area contributed by atoms with Crippen molar-refractivity contribution in [1.82, 2.24) is 10.2 Å². The van der Waals surface area contributed by atoms with Crippen molar-refractivity contribution in [3.8, 4) is 0 Å². The lowest BCUT2D eigenvalue weighted by Gasteiger charge is -2.29. The first-order valence-electron chi connectivity index (χ1n) is 9.32. The zero-order valence-electron chi connectivity index (χ0n) is 16.1. The normalized spacial score (nSPS) is 25.9. The van der Waals surface area contributed by atoms with Gasteiger partial charge in [-0.3, -0.25) is 14.5 Å². The van der Waals surface area contributed by atoms with Crippen molar-refractivity contribution in [3.63, 3.8) is 0 Å². The third kappa shape index (κ3) is 5.59. The Morgan fingerprint density at radius 2 is 2.08 bits per heavy atom. The number of hydrogen-bond acceptors (Lipinski definition) is 6. The van der Waals surface area contributed by atoms with E-state index in [9.17, 15) is 14.4 Å². The summed E-state index contributed by atoms with van der Waals surface area (Å²) in [5.74, 6) is -0.701. The van der Waals surface area contributed by atoms with Crippen LogP contribution in [0.15, 0.2) is 0 Å². The average Bonchev–Trinajstić information content (AvgIpc) is 3.13. The minimum absolute atomic E-state index is 0.0711. The Hall–Kier alpha value is -1.83. The lowest BCUT2D eigenvalue weighted by molar-refractivity contribution is -0.165. The van der Waals surface area contributed by atoms with Gasteiger partial charge in [-0.15, -0.1) is 0 Å². The number of esters is 1. The zero-order chi connectivity index (χ0) is 19.3. The van der Waals surface area contributed by atoms with Crippen LogP contribution in [0.1, 0.15) is 59.8 Å². The van der Waals surface area contributed by atoms with Crippen LogP contribution in [-0.4, -0.2) is 60.0 Å².